The summed E-state index contributed by atoms with van der Waals surface area (Å²) >= 11 is 0. The monoisotopic (exact) mass is 478 g/mol. The quantitative estimate of drug-likeness (QED) is 0.365. The molecular weight excluding hydrogens is 439 g/mol. The molecule has 1 aromatic carbocycles. The molecule has 2 aliphatic heterocycles. The van der Waals surface area contributed by atoms with Crippen LogP contribution in [0.15, 0.2) is 42.6 Å². The predicted octanol–water partition coefficient (Wildman–Crippen LogP) is 5.73. The van der Waals surface area contributed by atoms with E-state index < -0.39 is 0 Å². The highest BCUT2D eigenvalue weighted by atomic mass is 19.1. The standard InChI is InChI=1S/C29H39FN4O/c1-3-4-7-14-29(28-25(18-21(2)33-29)24-9-5-6-10-26(24)32-28)27-12-11-22(19-31-27)35-23-13-17-34(20-23)16-8-15-30/h5-6,9-12,19,21,23,32-33H,3-4,7-8,13-18,20H2,1-2H3/t21?,23-,29?/m0/s1. The summed E-state index contributed by atoms with van der Waals surface area (Å²) in [7, 11) is 0. The van der Waals surface area contributed by atoms with Gasteiger partial charge in [-0.05, 0) is 56.4 Å². The van der Waals surface area contributed by atoms with Crippen LogP contribution in [0.5, 0.6) is 5.75 Å². The largest absolute Gasteiger partial charge is 0.487 e. The van der Waals surface area contributed by atoms with Crippen LogP contribution in [-0.4, -0.2) is 53.3 Å². The molecule has 0 spiro atoms. The van der Waals surface area contributed by atoms with Gasteiger partial charge in [0.15, 0.2) is 0 Å². The number of pyridine rings is 1. The number of nitrogens with one attached hydrogen (secondary N) is 2. The van der Waals surface area contributed by atoms with Crippen molar-refractivity contribution in [3.8, 4) is 5.75 Å². The molecule has 5 rings (SSSR count). The van der Waals surface area contributed by atoms with Gasteiger partial charge < -0.3 is 9.72 Å². The first kappa shape index (κ1) is 24.3. The number of aromatic amines is 1. The third-order valence-corrected chi connectivity index (χ3v) is 7.71. The van der Waals surface area contributed by atoms with E-state index in [4.69, 9.17) is 9.72 Å². The average Bonchev–Trinajstić information content (AvgIpc) is 3.48. The Morgan fingerprint density at radius 2 is 2.06 bits per heavy atom. The van der Waals surface area contributed by atoms with Crippen LogP contribution in [0, 0.1) is 0 Å². The van der Waals surface area contributed by atoms with Crippen molar-refractivity contribution in [2.75, 3.05) is 26.3 Å². The number of alkyl halides is 1. The van der Waals surface area contributed by atoms with Crippen molar-refractivity contribution in [1.29, 1.82) is 0 Å². The van der Waals surface area contributed by atoms with Crippen LogP contribution in [0.1, 0.15) is 69.3 Å². The average molecular weight is 479 g/mol. The zero-order chi connectivity index (χ0) is 24.3. The first-order valence-corrected chi connectivity index (χ1v) is 13.4. The third-order valence-electron chi connectivity index (χ3n) is 7.71. The van der Waals surface area contributed by atoms with Gasteiger partial charge in [-0.3, -0.25) is 19.6 Å². The Bertz CT molecular complexity index is 1110. The van der Waals surface area contributed by atoms with Gasteiger partial charge >= 0.3 is 0 Å². The molecule has 2 unspecified atom stereocenters. The summed E-state index contributed by atoms with van der Waals surface area (Å²) in [6.07, 6.45) is 9.17. The summed E-state index contributed by atoms with van der Waals surface area (Å²) in [5.74, 6) is 0.815. The van der Waals surface area contributed by atoms with Crippen LogP contribution in [-0.2, 0) is 12.0 Å². The molecule has 2 aliphatic rings. The molecule has 3 atom stereocenters. The summed E-state index contributed by atoms with van der Waals surface area (Å²) in [5, 5.41) is 5.30. The summed E-state index contributed by atoms with van der Waals surface area (Å²) in [5.41, 5.74) is 4.61. The summed E-state index contributed by atoms with van der Waals surface area (Å²) in [4.78, 5) is 11.1. The number of unbranched alkanes of at least 4 members (excludes halogenated alkanes) is 2. The first-order valence-electron chi connectivity index (χ1n) is 13.4. The van der Waals surface area contributed by atoms with E-state index >= 15 is 0 Å². The number of hydrogen-bond acceptors (Lipinski definition) is 4. The molecule has 2 N–H and O–H groups in total. The van der Waals surface area contributed by atoms with E-state index in [1.54, 1.807) is 0 Å². The molecule has 2 aromatic heterocycles. The van der Waals surface area contributed by atoms with Gasteiger partial charge in [0.2, 0.25) is 0 Å². The molecule has 3 aromatic rings. The van der Waals surface area contributed by atoms with Crippen molar-refractivity contribution < 1.29 is 9.13 Å². The molecule has 0 amide bonds. The van der Waals surface area contributed by atoms with Crippen LogP contribution in [0.3, 0.4) is 0 Å². The molecule has 1 saturated heterocycles. The number of halogens is 1. The zero-order valence-electron chi connectivity index (χ0n) is 21.2. The number of likely N-dealkylation sites (tertiary alicyclic amines) is 1. The van der Waals surface area contributed by atoms with Crippen molar-refractivity contribution in [2.24, 2.45) is 0 Å². The second-order valence-electron chi connectivity index (χ2n) is 10.4. The summed E-state index contributed by atoms with van der Waals surface area (Å²) in [6, 6.07) is 13.2. The van der Waals surface area contributed by atoms with Gasteiger partial charge in [0, 0.05) is 42.3 Å². The topological polar surface area (TPSA) is 53.2 Å². The maximum atomic E-state index is 12.5. The minimum atomic E-state index is -0.337. The number of nitrogens with zero attached hydrogens (tertiary/aromatic N) is 2. The van der Waals surface area contributed by atoms with E-state index in [9.17, 15) is 4.39 Å². The Morgan fingerprint density at radius 3 is 2.86 bits per heavy atom. The van der Waals surface area contributed by atoms with Gasteiger partial charge in [0.25, 0.3) is 0 Å². The van der Waals surface area contributed by atoms with Crippen LogP contribution in [0.4, 0.5) is 4.39 Å². The second-order valence-corrected chi connectivity index (χ2v) is 10.4. The van der Waals surface area contributed by atoms with E-state index in [0.29, 0.717) is 12.5 Å². The van der Waals surface area contributed by atoms with Crippen molar-refractivity contribution in [1.82, 2.24) is 20.2 Å². The number of aromatic nitrogens is 2. The third kappa shape index (κ3) is 4.96. The lowest BCUT2D eigenvalue weighted by Gasteiger charge is -2.41. The van der Waals surface area contributed by atoms with E-state index in [-0.39, 0.29) is 18.3 Å². The van der Waals surface area contributed by atoms with Crippen LogP contribution in [0.2, 0.25) is 0 Å². The minimum Gasteiger partial charge on any atom is -0.487 e. The number of para-hydroxylation sites is 1. The van der Waals surface area contributed by atoms with Gasteiger partial charge in [-0.1, -0.05) is 44.4 Å². The molecule has 6 heteroatoms. The van der Waals surface area contributed by atoms with Crippen LogP contribution < -0.4 is 10.1 Å². The number of benzene rings is 1. The van der Waals surface area contributed by atoms with E-state index in [0.717, 1.165) is 56.8 Å². The number of fused-ring (bicyclic) bond motifs is 3. The molecule has 1 fully saturated rings. The number of H-pyrrole nitrogens is 1. The Hall–Kier alpha value is -2.44. The highest BCUT2D eigenvalue weighted by molar-refractivity contribution is 5.85. The number of ether oxygens (including phenoxy) is 1. The predicted molar refractivity (Wildman–Crippen MR) is 140 cm³/mol. The highest BCUT2D eigenvalue weighted by Crippen LogP contribution is 2.42. The molecule has 35 heavy (non-hydrogen) atoms. The first-order chi connectivity index (χ1) is 17.1. The molecule has 0 aliphatic carbocycles. The molecular formula is C29H39FN4O. The second kappa shape index (κ2) is 10.7. The fourth-order valence-electron chi connectivity index (χ4n) is 6.07. The normalized spacial score (nSPS) is 24.7. The Kier molecular flexibility index (Phi) is 7.40. The fraction of sp³-hybridized carbons (Fsp3) is 0.552. The number of hydrogen-bond donors (Lipinski definition) is 2. The lowest BCUT2D eigenvalue weighted by atomic mass is 9.78. The van der Waals surface area contributed by atoms with Crippen molar-refractivity contribution in [3.63, 3.8) is 0 Å². The summed E-state index contributed by atoms with van der Waals surface area (Å²) in [6.45, 7) is 6.93. The van der Waals surface area contributed by atoms with Crippen molar-refractivity contribution in [3.05, 3.63) is 59.5 Å². The lowest BCUT2D eigenvalue weighted by molar-refractivity contribution is 0.197. The highest BCUT2D eigenvalue weighted by Gasteiger charge is 2.43. The van der Waals surface area contributed by atoms with Gasteiger partial charge in [-0.25, -0.2) is 0 Å². The Balaban J connectivity index is 1.42. The smallest absolute Gasteiger partial charge is 0.138 e. The molecule has 4 heterocycles. The SMILES string of the molecule is CCCCCC1(c2ccc(O[C@H]3CCN(CCCF)C3)cn2)NC(C)Cc2c1[nH]c1ccccc21. The van der Waals surface area contributed by atoms with Crippen LogP contribution >= 0.6 is 0 Å². The van der Waals surface area contributed by atoms with Gasteiger partial charge in [0.05, 0.1) is 18.6 Å². The zero-order valence-corrected chi connectivity index (χ0v) is 21.2. The van der Waals surface area contributed by atoms with Gasteiger partial charge in [-0.15, -0.1) is 0 Å². The fourth-order valence-corrected chi connectivity index (χ4v) is 6.07. The number of rotatable bonds is 10. The summed E-state index contributed by atoms with van der Waals surface area (Å²) < 4.78 is 18.8. The van der Waals surface area contributed by atoms with E-state index in [1.165, 1.54) is 35.0 Å². The van der Waals surface area contributed by atoms with Crippen molar-refractivity contribution >= 4 is 10.9 Å². The van der Waals surface area contributed by atoms with Crippen molar-refractivity contribution in [2.45, 2.75) is 76.5 Å². The molecule has 0 bridgehead atoms. The molecule has 0 saturated carbocycles. The maximum absolute atomic E-state index is 12.5. The Labute approximate surface area is 208 Å². The minimum absolute atomic E-state index is 0.147. The van der Waals surface area contributed by atoms with Gasteiger partial charge in [-0.2, -0.15) is 0 Å². The molecule has 0 radical (unpaired) electrons. The molecule has 5 nitrogen and oxygen atoms in total. The molecule has 188 valence electrons. The lowest BCUT2D eigenvalue weighted by Crippen LogP contribution is -2.53. The van der Waals surface area contributed by atoms with E-state index in [2.05, 4.69) is 65.4 Å². The van der Waals surface area contributed by atoms with Crippen LogP contribution in [0.25, 0.3) is 10.9 Å². The van der Waals surface area contributed by atoms with E-state index in [1.807, 2.05) is 6.20 Å². The van der Waals surface area contributed by atoms with Gasteiger partial charge in [0.1, 0.15) is 17.4 Å². The maximum Gasteiger partial charge on any atom is 0.138 e. The Morgan fingerprint density at radius 1 is 1.17 bits per heavy atom.